The first-order chi connectivity index (χ1) is 17.4. The highest BCUT2D eigenvalue weighted by Crippen LogP contribution is 2.30. The third kappa shape index (κ3) is 4.09. The van der Waals surface area contributed by atoms with Crippen LogP contribution in [0.3, 0.4) is 0 Å². The molecule has 1 atom stereocenters. The van der Waals surface area contributed by atoms with E-state index in [4.69, 9.17) is 9.15 Å². The number of hydrogen-bond acceptors (Lipinski definition) is 7. The number of furan rings is 1. The summed E-state index contributed by atoms with van der Waals surface area (Å²) in [4.78, 5) is 42.5. The van der Waals surface area contributed by atoms with Gasteiger partial charge in [-0.15, -0.1) is 0 Å². The van der Waals surface area contributed by atoms with Gasteiger partial charge < -0.3 is 14.3 Å². The molecule has 0 radical (unpaired) electrons. The fourth-order valence-corrected chi connectivity index (χ4v) is 5.19. The van der Waals surface area contributed by atoms with Gasteiger partial charge in [0.25, 0.3) is 5.56 Å². The Bertz CT molecular complexity index is 1710. The van der Waals surface area contributed by atoms with E-state index in [9.17, 15) is 19.5 Å². The summed E-state index contributed by atoms with van der Waals surface area (Å²) in [6, 6.07) is 18.4. The lowest BCUT2D eigenvalue weighted by atomic mass is 9.96. The Labute approximate surface area is 208 Å². The average molecular weight is 501 g/mol. The smallest absolute Gasteiger partial charge is 0.338 e. The number of rotatable bonds is 5. The van der Waals surface area contributed by atoms with E-state index in [1.165, 1.54) is 35.1 Å². The van der Waals surface area contributed by atoms with Crippen LogP contribution in [0.25, 0.3) is 17.4 Å². The van der Waals surface area contributed by atoms with Gasteiger partial charge in [-0.05, 0) is 36.8 Å². The Balaban J connectivity index is 1.62. The van der Waals surface area contributed by atoms with Crippen LogP contribution in [0.4, 0.5) is 0 Å². The highest BCUT2D eigenvalue weighted by Gasteiger charge is 2.32. The quantitative estimate of drug-likeness (QED) is 0.421. The molecule has 0 saturated carbocycles. The van der Waals surface area contributed by atoms with Crippen LogP contribution in [-0.4, -0.2) is 28.7 Å². The Kier molecular flexibility index (Phi) is 5.99. The number of esters is 1. The molecule has 3 heterocycles. The molecule has 0 bridgehead atoms. The highest BCUT2D eigenvalue weighted by molar-refractivity contribution is 7.07. The van der Waals surface area contributed by atoms with Gasteiger partial charge in [0.1, 0.15) is 11.5 Å². The topological polar surface area (TPSA) is 111 Å². The first-order valence-corrected chi connectivity index (χ1v) is 11.8. The third-order valence-corrected chi connectivity index (χ3v) is 6.82. The maximum atomic E-state index is 13.6. The SMILES string of the molecule is COC(=O)C1=C(C)N=c2s/c(=C\c3ccc(-c4cccc(C(=O)O)c4)o3)c(=O)n2[C@H]1c1ccccc1. The third-order valence-electron chi connectivity index (χ3n) is 5.84. The van der Waals surface area contributed by atoms with Crippen molar-refractivity contribution >= 4 is 29.4 Å². The van der Waals surface area contributed by atoms with E-state index in [0.717, 1.165) is 5.56 Å². The molecule has 4 aromatic rings. The summed E-state index contributed by atoms with van der Waals surface area (Å²) < 4.78 is 12.8. The molecule has 2 aromatic carbocycles. The molecule has 0 unspecified atom stereocenters. The Morgan fingerprint density at radius 3 is 2.61 bits per heavy atom. The van der Waals surface area contributed by atoms with Crippen molar-refractivity contribution in [3.8, 4) is 11.3 Å². The number of carbonyl (C=O) groups excluding carboxylic acids is 1. The van der Waals surface area contributed by atoms with Crippen LogP contribution in [0.1, 0.15) is 34.6 Å². The van der Waals surface area contributed by atoms with Crippen LogP contribution in [-0.2, 0) is 9.53 Å². The number of fused-ring (bicyclic) bond motifs is 1. The number of carboxylic acid groups (broad SMARTS) is 1. The van der Waals surface area contributed by atoms with E-state index in [-0.39, 0.29) is 11.1 Å². The first-order valence-electron chi connectivity index (χ1n) is 11.0. The molecule has 5 rings (SSSR count). The molecule has 1 N–H and O–H groups in total. The number of hydrogen-bond donors (Lipinski definition) is 1. The average Bonchev–Trinajstić information content (AvgIpc) is 3.48. The second-order valence-electron chi connectivity index (χ2n) is 8.07. The van der Waals surface area contributed by atoms with Crippen molar-refractivity contribution in [1.82, 2.24) is 4.57 Å². The van der Waals surface area contributed by atoms with Crippen molar-refractivity contribution in [3.05, 3.63) is 115 Å². The van der Waals surface area contributed by atoms with Gasteiger partial charge in [0.15, 0.2) is 4.80 Å². The summed E-state index contributed by atoms with van der Waals surface area (Å²) >= 11 is 1.20. The molecule has 1 aliphatic heterocycles. The standard InChI is InChI=1S/C27H20N2O6S/c1-15-22(26(33)34-2)23(16-7-4-3-5-8-16)29-24(30)21(36-27(29)28-15)14-19-11-12-20(35-19)17-9-6-10-18(13-17)25(31)32/h3-14,23H,1-2H3,(H,31,32)/b21-14-/t23-/m0/s1. The monoisotopic (exact) mass is 500 g/mol. The van der Waals surface area contributed by atoms with E-state index in [1.54, 1.807) is 37.3 Å². The fourth-order valence-electron chi connectivity index (χ4n) is 4.16. The molecule has 1 aliphatic rings. The molecule has 36 heavy (non-hydrogen) atoms. The summed E-state index contributed by atoms with van der Waals surface area (Å²) in [5.41, 5.74) is 2.00. The minimum Gasteiger partial charge on any atom is -0.478 e. The van der Waals surface area contributed by atoms with E-state index >= 15 is 0 Å². The lowest BCUT2D eigenvalue weighted by Gasteiger charge is -2.24. The molecule has 0 aliphatic carbocycles. The van der Waals surface area contributed by atoms with Gasteiger partial charge >= 0.3 is 11.9 Å². The summed E-state index contributed by atoms with van der Waals surface area (Å²) in [5, 5.41) is 9.24. The lowest BCUT2D eigenvalue weighted by molar-refractivity contribution is -0.136. The molecule has 2 aromatic heterocycles. The number of carbonyl (C=O) groups is 2. The van der Waals surface area contributed by atoms with Gasteiger partial charge in [-0.2, -0.15) is 0 Å². The van der Waals surface area contributed by atoms with E-state index in [0.29, 0.717) is 37.7 Å². The van der Waals surface area contributed by atoms with Crippen LogP contribution < -0.4 is 14.9 Å². The molecule has 8 nitrogen and oxygen atoms in total. The predicted molar refractivity (Wildman–Crippen MR) is 133 cm³/mol. The summed E-state index contributed by atoms with van der Waals surface area (Å²) in [6.07, 6.45) is 1.62. The van der Waals surface area contributed by atoms with E-state index in [2.05, 4.69) is 4.99 Å². The molecule has 0 fully saturated rings. The van der Waals surface area contributed by atoms with Gasteiger partial charge in [0.05, 0.1) is 34.5 Å². The van der Waals surface area contributed by atoms with Gasteiger partial charge in [0.2, 0.25) is 0 Å². The Morgan fingerprint density at radius 2 is 1.89 bits per heavy atom. The number of methoxy groups -OCH3 is 1. The lowest BCUT2D eigenvalue weighted by Crippen LogP contribution is -2.39. The maximum Gasteiger partial charge on any atom is 0.338 e. The van der Waals surface area contributed by atoms with E-state index in [1.807, 2.05) is 30.3 Å². The number of nitrogens with zero attached hydrogens (tertiary/aromatic N) is 2. The molecular weight excluding hydrogens is 480 g/mol. The van der Waals surface area contributed by atoms with Crippen LogP contribution >= 0.6 is 11.3 Å². The van der Waals surface area contributed by atoms with Gasteiger partial charge in [-0.3, -0.25) is 9.36 Å². The van der Waals surface area contributed by atoms with Crippen molar-refractivity contribution in [2.45, 2.75) is 13.0 Å². The summed E-state index contributed by atoms with van der Waals surface area (Å²) in [6.45, 7) is 1.73. The number of ether oxygens (including phenoxy) is 1. The van der Waals surface area contributed by atoms with Crippen molar-refractivity contribution < 1.29 is 23.8 Å². The van der Waals surface area contributed by atoms with Gasteiger partial charge in [-0.25, -0.2) is 14.6 Å². The van der Waals surface area contributed by atoms with E-state index < -0.39 is 18.0 Å². The highest BCUT2D eigenvalue weighted by atomic mass is 32.1. The fraction of sp³-hybridized carbons (Fsp3) is 0.111. The largest absolute Gasteiger partial charge is 0.478 e. The number of aromatic nitrogens is 1. The zero-order valence-electron chi connectivity index (χ0n) is 19.3. The summed E-state index contributed by atoms with van der Waals surface area (Å²) in [7, 11) is 1.30. The number of thiazole rings is 1. The number of allylic oxidation sites excluding steroid dienone is 1. The van der Waals surface area contributed by atoms with Crippen molar-refractivity contribution in [3.63, 3.8) is 0 Å². The Hall–Kier alpha value is -4.50. The molecule has 180 valence electrons. The van der Waals surface area contributed by atoms with Gasteiger partial charge in [0, 0.05) is 11.6 Å². The normalized spacial score (nSPS) is 15.4. The van der Waals surface area contributed by atoms with Crippen LogP contribution in [0.2, 0.25) is 0 Å². The number of carboxylic acids is 1. The van der Waals surface area contributed by atoms with Crippen molar-refractivity contribution in [2.24, 2.45) is 4.99 Å². The van der Waals surface area contributed by atoms with Crippen molar-refractivity contribution in [1.29, 1.82) is 0 Å². The zero-order chi connectivity index (χ0) is 25.4. The Morgan fingerprint density at radius 1 is 1.11 bits per heavy atom. The summed E-state index contributed by atoms with van der Waals surface area (Å²) in [5.74, 6) is -0.669. The molecule has 0 amide bonds. The van der Waals surface area contributed by atoms with Gasteiger partial charge in [-0.1, -0.05) is 53.8 Å². The molecule has 9 heteroatoms. The van der Waals surface area contributed by atoms with Crippen LogP contribution in [0.15, 0.2) is 92.2 Å². The molecule has 0 spiro atoms. The second-order valence-corrected chi connectivity index (χ2v) is 9.08. The van der Waals surface area contributed by atoms with Crippen molar-refractivity contribution in [2.75, 3.05) is 7.11 Å². The maximum absolute atomic E-state index is 13.6. The number of benzene rings is 2. The van der Waals surface area contributed by atoms with Crippen LogP contribution in [0.5, 0.6) is 0 Å². The predicted octanol–water partition coefficient (Wildman–Crippen LogP) is 3.37. The molecular formula is C27H20N2O6S. The van der Waals surface area contributed by atoms with Crippen LogP contribution in [0, 0.1) is 0 Å². The second kappa shape index (κ2) is 9.27. The minimum absolute atomic E-state index is 0.149. The first kappa shape index (κ1) is 23.3. The number of aromatic carboxylic acids is 1. The minimum atomic E-state index is -1.03. The zero-order valence-corrected chi connectivity index (χ0v) is 20.1. The molecule has 0 saturated heterocycles.